The van der Waals surface area contributed by atoms with Gasteiger partial charge in [0.2, 0.25) is 3.79 Å². The van der Waals surface area contributed by atoms with E-state index in [0.29, 0.717) is 0 Å². The first kappa shape index (κ1) is 30.5. The third kappa shape index (κ3) is 8.49. The minimum Gasteiger partial charge on any atom is -0.339 e. The number of thiocarbonyl (C=S) groups is 1. The number of halogens is 4. The largest absolute Gasteiger partial charge is 0.339 e. The Labute approximate surface area is 244 Å². The van der Waals surface area contributed by atoms with Crippen molar-refractivity contribution in [2.45, 2.75) is 21.8 Å². The first-order chi connectivity index (χ1) is 18.3. The molecule has 9 nitrogen and oxygen atoms in total. The molecule has 0 bridgehead atoms. The summed E-state index contributed by atoms with van der Waals surface area (Å²) in [6, 6.07) is 17.3. The quantitative estimate of drug-likeness (QED) is 0.109. The Hall–Kier alpha value is -3.00. The molecule has 3 aromatic rings. The summed E-state index contributed by atoms with van der Waals surface area (Å²) in [6.07, 6.45) is -1.42. The number of carbonyl (C=O) groups excluding carboxylic acids is 2. The second-order valence-corrected chi connectivity index (χ2v) is 12.4. The Morgan fingerprint density at radius 3 is 2.08 bits per heavy atom. The van der Waals surface area contributed by atoms with E-state index in [1.54, 1.807) is 24.3 Å². The number of nitrogens with one attached hydrogen (secondary N) is 5. The zero-order valence-corrected chi connectivity index (χ0v) is 23.9. The van der Waals surface area contributed by atoms with Crippen LogP contribution in [0.25, 0.3) is 0 Å². The van der Waals surface area contributed by atoms with Crippen LogP contribution in [0.2, 0.25) is 0 Å². The third-order valence-electron chi connectivity index (χ3n) is 5.05. The summed E-state index contributed by atoms with van der Waals surface area (Å²) in [5, 5.41) is 7.51. The maximum Gasteiger partial charge on any atom is 0.268 e. The lowest BCUT2D eigenvalue weighted by Crippen LogP contribution is -2.56. The molecule has 0 saturated heterocycles. The maximum absolute atomic E-state index is 14.0. The predicted octanol–water partition coefficient (Wildman–Crippen LogP) is 4.17. The van der Waals surface area contributed by atoms with Crippen LogP contribution >= 0.6 is 47.0 Å². The van der Waals surface area contributed by atoms with Gasteiger partial charge in [0.1, 0.15) is 12.0 Å². The second-order valence-electron chi connectivity index (χ2n) is 7.94. The number of anilines is 1. The van der Waals surface area contributed by atoms with Crippen molar-refractivity contribution in [1.29, 1.82) is 0 Å². The smallest absolute Gasteiger partial charge is 0.268 e. The highest BCUT2D eigenvalue weighted by Gasteiger charge is 2.35. The number of benzene rings is 3. The third-order valence-corrected chi connectivity index (χ3v) is 7.18. The van der Waals surface area contributed by atoms with E-state index in [2.05, 4.69) is 21.4 Å². The molecule has 39 heavy (non-hydrogen) atoms. The fraction of sp³-hybridized carbons (Fsp3) is 0.125. The Balaban J connectivity index is 1.70. The van der Waals surface area contributed by atoms with Gasteiger partial charge >= 0.3 is 0 Å². The van der Waals surface area contributed by atoms with Gasteiger partial charge in [-0.15, -0.1) is 4.83 Å². The SMILES string of the molecule is Cc1ccc(S(=O)(=O)NNC(=O)c2ccccc2NC(=S)NC(NC(=O)c2ccccc2F)C(Cl)(Cl)Cl)cc1. The number of alkyl halides is 3. The van der Waals surface area contributed by atoms with Gasteiger partial charge in [-0.05, 0) is 55.5 Å². The number of hydrazine groups is 1. The molecule has 0 aliphatic carbocycles. The van der Waals surface area contributed by atoms with Crippen molar-refractivity contribution in [2.75, 3.05) is 5.32 Å². The summed E-state index contributed by atoms with van der Waals surface area (Å²) < 4.78 is 36.9. The van der Waals surface area contributed by atoms with Gasteiger partial charge in [-0.3, -0.25) is 15.0 Å². The van der Waals surface area contributed by atoms with Crippen molar-refractivity contribution in [3.63, 3.8) is 0 Å². The molecule has 3 aromatic carbocycles. The van der Waals surface area contributed by atoms with Crippen molar-refractivity contribution >= 4 is 79.7 Å². The molecule has 3 rings (SSSR count). The van der Waals surface area contributed by atoms with Crippen LogP contribution < -0.4 is 26.2 Å². The number of hydrogen-bond acceptors (Lipinski definition) is 5. The van der Waals surface area contributed by atoms with Crippen LogP contribution in [0.4, 0.5) is 10.1 Å². The van der Waals surface area contributed by atoms with E-state index in [0.717, 1.165) is 11.6 Å². The second kappa shape index (κ2) is 12.9. The van der Waals surface area contributed by atoms with E-state index in [1.807, 2.05) is 11.8 Å². The standard InChI is InChI=1S/C24H21Cl3FN5O4S2/c1-14-10-12-15(13-11-14)39(36,37)33-32-21(35)17-7-3-5-9-19(17)29-23(38)31-22(24(25,26)27)30-20(34)16-6-2-4-8-18(16)28/h2-13,22,33H,1H3,(H,30,34)(H,32,35)(H2,29,31,38). The zero-order chi connectivity index (χ0) is 28.8. The van der Waals surface area contributed by atoms with Gasteiger partial charge in [-0.25, -0.2) is 12.8 Å². The monoisotopic (exact) mass is 631 g/mol. The van der Waals surface area contributed by atoms with Crippen molar-refractivity contribution in [3.8, 4) is 0 Å². The van der Waals surface area contributed by atoms with Crippen LogP contribution in [-0.4, -0.2) is 35.3 Å². The molecular formula is C24H21Cl3FN5O4S2. The highest BCUT2D eigenvalue weighted by atomic mass is 35.6. The maximum atomic E-state index is 14.0. The number of para-hydroxylation sites is 1. The molecule has 15 heteroatoms. The summed E-state index contributed by atoms with van der Waals surface area (Å²) in [4.78, 5) is 27.3. The summed E-state index contributed by atoms with van der Waals surface area (Å²) >= 11 is 23.2. The lowest BCUT2D eigenvalue weighted by molar-refractivity contribution is 0.0927. The minimum absolute atomic E-state index is 0.00841. The van der Waals surface area contributed by atoms with Gasteiger partial charge in [0.05, 0.1) is 21.7 Å². The van der Waals surface area contributed by atoms with Gasteiger partial charge in [-0.1, -0.05) is 76.8 Å². The highest BCUT2D eigenvalue weighted by molar-refractivity contribution is 7.89. The highest BCUT2D eigenvalue weighted by Crippen LogP contribution is 2.29. The summed E-state index contributed by atoms with van der Waals surface area (Å²) in [6.45, 7) is 1.81. The van der Waals surface area contributed by atoms with Crippen LogP contribution in [0.1, 0.15) is 26.3 Å². The van der Waals surface area contributed by atoms with Crippen molar-refractivity contribution in [3.05, 3.63) is 95.3 Å². The number of rotatable bonds is 8. The molecule has 0 fully saturated rings. The average Bonchev–Trinajstić information content (AvgIpc) is 2.87. The first-order valence-electron chi connectivity index (χ1n) is 11.0. The molecule has 0 aliphatic heterocycles. The zero-order valence-electron chi connectivity index (χ0n) is 20.0. The van der Waals surface area contributed by atoms with Gasteiger partial charge in [0.25, 0.3) is 21.8 Å². The summed E-state index contributed by atoms with van der Waals surface area (Å²) in [5.41, 5.74) is 2.89. The Bertz CT molecular complexity index is 1490. The number of amides is 2. The Morgan fingerprint density at radius 1 is 0.872 bits per heavy atom. The van der Waals surface area contributed by atoms with E-state index in [1.165, 1.54) is 42.5 Å². The molecule has 206 valence electrons. The van der Waals surface area contributed by atoms with E-state index in [4.69, 9.17) is 47.0 Å². The Morgan fingerprint density at radius 2 is 1.46 bits per heavy atom. The lowest BCUT2D eigenvalue weighted by atomic mass is 10.1. The molecule has 0 aliphatic rings. The van der Waals surface area contributed by atoms with Crippen LogP contribution in [0.5, 0.6) is 0 Å². The van der Waals surface area contributed by atoms with Crippen molar-refractivity contribution < 1.29 is 22.4 Å². The van der Waals surface area contributed by atoms with E-state index in [-0.39, 0.29) is 26.8 Å². The average molecular weight is 633 g/mol. The van der Waals surface area contributed by atoms with Crippen LogP contribution in [-0.2, 0) is 10.0 Å². The molecule has 5 N–H and O–H groups in total. The molecule has 0 heterocycles. The van der Waals surface area contributed by atoms with Gasteiger partial charge in [-0.2, -0.15) is 0 Å². The lowest BCUT2D eigenvalue weighted by Gasteiger charge is -2.28. The number of hydrogen-bond donors (Lipinski definition) is 5. The van der Waals surface area contributed by atoms with Crippen LogP contribution in [0.3, 0.4) is 0 Å². The number of carbonyl (C=O) groups is 2. The first-order valence-corrected chi connectivity index (χ1v) is 14.0. The van der Waals surface area contributed by atoms with Gasteiger partial charge in [0.15, 0.2) is 5.11 Å². The fourth-order valence-corrected chi connectivity index (χ4v) is 4.49. The van der Waals surface area contributed by atoms with Crippen molar-refractivity contribution in [1.82, 2.24) is 20.9 Å². The molecule has 1 unspecified atom stereocenters. The molecule has 0 radical (unpaired) electrons. The van der Waals surface area contributed by atoms with Crippen molar-refractivity contribution in [2.24, 2.45) is 0 Å². The number of sulfonamides is 1. The van der Waals surface area contributed by atoms with Gasteiger partial charge in [0, 0.05) is 0 Å². The predicted molar refractivity (Wildman–Crippen MR) is 153 cm³/mol. The minimum atomic E-state index is -4.04. The fourth-order valence-electron chi connectivity index (χ4n) is 3.09. The summed E-state index contributed by atoms with van der Waals surface area (Å²) in [7, 11) is -4.04. The topological polar surface area (TPSA) is 128 Å². The van der Waals surface area contributed by atoms with Crippen LogP contribution in [0.15, 0.2) is 77.7 Å². The summed E-state index contributed by atoms with van der Waals surface area (Å²) in [5.74, 6) is -2.46. The van der Waals surface area contributed by atoms with Gasteiger partial charge < -0.3 is 16.0 Å². The van der Waals surface area contributed by atoms with E-state index >= 15 is 0 Å². The van der Waals surface area contributed by atoms with E-state index < -0.39 is 37.6 Å². The molecule has 2 amide bonds. The van der Waals surface area contributed by atoms with Crippen LogP contribution in [0, 0.1) is 12.7 Å². The molecule has 0 aromatic heterocycles. The van der Waals surface area contributed by atoms with E-state index in [9.17, 15) is 22.4 Å². The number of aryl methyl sites for hydroxylation is 1. The normalized spacial score (nSPS) is 12.2. The molecule has 0 saturated carbocycles. The molecule has 0 spiro atoms. The molecule has 1 atom stereocenters. The molecular weight excluding hydrogens is 612 g/mol. The Kier molecular flexibility index (Phi) is 10.1.